The lowest BCUT2D eigenvalue weighted by Crippen LogP contribution is -2.43. The van der Waals surface area contributed by atoms with Crippen LogP contribution in [-0.4, -0.2) is 31.6 Å². The fourth-order valence-corrected chi connectivity index (χ4v) is 4.06. The predicted molar refractivity (Wildman–Crippen MR) is 153 cm³/mol. The molecule has 0 spiro atoms. The van der Waals surface area contributed by atoms with Crippen molar-refractivity contribution in [2.45, 2.75) is 32.6 Å². The third-order valence-corrected chi connectivity index (χ3v) is 6.19. The second kappa shape index (κ2) is 14.4. The zero-order chi connectivity index (χ0) is 28.2. The van der Waals surface area contributed by atoms with Gasteiger partial charge in [0.05, 0.1) is 13.7 Å². The Labute approximate surface area is 234 Å². The summed E-state index contributed by atoms with van der Waals surface area (Å²) in [6.07, 6.45) is 0.276. The van der Waals surface area contributed by atoms with Gasteiger partial charge in [0.2, 0.25) is 0 Å². The molecule has 0 bridgehead atoms. The number of hydrogen-bond acceptors (Lipinski definition) is 6. The van der Waals surface area contributed by atoms with E-state index in [2.05, 4.69) is 5.32 Å². The van der Waals surface area contributed by atoms with E-state index >= 15 is 0 Å². The van der Waals surface area contributed by atoms with Crippen molar-refractivity contribution in [3.8, 4) is 17.2 Å². The first kappa shape index (κ1) is 28.2. The first-order valence-electron chi connectivity index (χ1n) is 13.1. The molecule has 0 saturated carbocycles. The number of para-hydroxylation sites is 1. The molecule has 0 unspecified atom stereocenters. The minimum absolute atomic E-state index is 0.276. The summed E-state index contributed by atoms with van der Waals surface area (Å²) in [6, 6.07) is 31.0. The molecule has 0 radical (unpaired) electrons. The summed E-state index contributed by atoms with van der Waals surface area (Å²) in [6.45, 7) is 3.31. The minimum atomic E-state index is -0.848. The molecule has 40 heavy (non-hydrogen) atoms. The van der Waals surface area contributed by atoms with E-state index in [1.165, 1.54) is 7.11 Å². The predicted octanol–water partition coefficient (Wildman–Crippen LogP) is 5.76. The molecule has 1 atom stereocenters. The largest absolute Gasteiger partial charge is 0.493 e. The number of esters is 1. The van der Waals surface area contributed by atoms with Gasteiger partial charge in [0.25, 0.3) is 5.91 Å². The van der Waals surface area contributed by atoms with Crippen molar-refractivity contribution in [3.05, 3.63) is 125 Å². The summed E-state index contributed by atoms with van der Waals surface area (Å²) >= 11 is 0. The summed E-state index contributed by atoms with van der Waals surface area (Å²) in [5, 5.41) is 2.79. The number of amides is 1. The highest BCUT2D eigenvalue weighted by Gasteiger charge is 2.23. The smallest absolute Gasteiger partial charge is 0.328 e. The van der Waals surface area contributed by atoms with Crippen LogP contribution in [0, 0.1) is 0 Å². The second-order valence-corrected chi connectivity index (χ2v) is 9.03. The SMILES string of the molecule is CCOc1ccccc1COc1ccc(C(=O)N[C@@H](Cc2ccc(OCc3ccccc3)cc2)C(=O)OC)cc1. The van der Waals surface area contributed by atoms with Gasteiger partial charge in [-0.3, -0.25) is 4.79 Å². The van der Waals surface area contributed by atoms with Crippen molar-refractivity contribution in [2.24, 2.45) is 0 Å². The van der Waals surface area contributed by atoms with Gasteiger partial charge < -0.3 is 24.3 Å². The Morgan fingerprint density at radius 2 is 1.32 bits per heavy atom. The van der Waals surface area contributed by atoms with Gasteiger partial charge in [0.15, 0.2) is 0 Å². The normalized spacial score (nSPS) is 11.2. The van der Waals surface area contributed by atoms with Crippen LogP contribution in [0.3, 0.4) is 0 Å². The lowest BCUT2D eigenvalue weighted by Gasteiger charge is -2.17. The molecule has 0 saturated heterocycles. The second-order valence-electron chi connectivity index (χ2n) is 9.03. The van der Waals surface area contributed by atoms with Crippen molar-refractivity contribution in [1.82, 2.24) is 5.32 Å². The van der Waals surface area contributed by atoms with Gasteiger partial charge in [-0.1, -0.05) is 60.7 Å². The third kappa shape index (κ3) is 8.11. The number of hydrogen-bond donors (Lipinski definition) is 1. The fourth-order valence-electron chi connectivity index (χ4n) is 4.06. The summed E-state index contributed by atoms with van der Waals surface area (Å²) in [7, 11) is 1.30. The van der Waals surface area contributed by atoms with Gasteiger partial charge in [-0.25, -0.2) is 4.79 Å². The number of carbonyl (C=O) groups excluding carboxylic acids is 2. The van der Waals surface area contributed by atoms with Crippen LogP contribution < -0.4 is 19.5 Å². The molecule has 0 aromatic heterocycles. The molecule has 0 fully saturated rings. The average Bonchev–Trinajstić information content (AvgIpc) is 3.00. The van der Waals surface area contributed by atoms with E-state index in [9.17, 15) is 9.59 Å². The molecule has 1 amide bonds. The summed E-state index contributed by atoms with van der Waals surface area (Å²) < 4.78 is 22.3. The lowest BCUT2D eigenvalue weighted by atomic mass is 10.0. The Bertz CT molecular complexity index is 1370. The molecule has 4 aromatic carbocycles. The first-order valence-corrected chi connectivity index (χ1v) is 13.1. The maximum Gasteiger partial charge on any atom is 0.328 e. The number of carbonyl (C=O) groups is 2. The van der Waals surface area contributed by atoms with E-state index in [0.29, 0.717) is 31.1 Å². The Morgan fingerprint density at radius 3 is 2.00 bits per heavy atom. The minimum Gasteiger partial charge on any atom is -0.493 e. The molecular formula is C33H33NO6. The molecule has 7 heteroatoms. The van der Waals surface area contributed by atoms with Crippen molar-refractivity contribution >= 4 is 11.9 Å². The van der Waals surface area contributed by atoms with Gasteiger partial charge in [-0.15, -0.1) is 0 Å². The first-order chi connectivity index (χ1) is 19.6. The van der Waals surface area contributed by atoms with Crippen LogP contribution in [0.5, 0.6) is 17.2 Å². The summed E-state index contributed by atoms with van der Waals surface area (Å²) in [5.41, 5.74) is 3.27. The maximum atomic E-state index is 13.0. The van der Waals surface area contributed by atoms with E-state index in [1.807, 2.05) is 85.8 Å². The molecule has 0 aliphatic heterocycles. The molecule has 206 valence electrons. The summed E-state index contributed by atoms with van der Waals surface area (Å²) in [4.78, 5) is 25.4. The van der Waals surface area contributed by atoms with Crippen LogP contribution in [0.1, 0.15) is 34.0 Å². The average molecular weight is 540 g/mol. The quantitative estimate of drug-likeness (QED) is 0.218. The van der Waals surface area contributed by atoms with Gasteiger partial charge >= 0.3 is 5.97 Å². The van der Waals surface area contributed by atoms with Crippen LogP contribution in [0.4, 0.5) is 0 Å². The highest BCUT2D eigenvalue weighted by atomic mass is 16.5. The molecule has 1 N–H and O–H groups in total. The molecule has 0 heterocycles. The topological polar surface area (TPSA) is 83.1 Å². The van der Waals surface area contributed by atoms with E-state index < -0.39 is 12.0 Å². The number of nitrogens with one attached hydrogen (secondary N) is 1. The Kier molecular flexibility index (Phi) is 10.2. The van der Waals surface area contributed by atoms with Crippen LogP contribution >= 0.6 is 0 Å². The van der Waals surface area contributed by atoms with Crippen molar-refractivity contribution < 1.29 is 28.5 Å². The van der Waals surface area contributed by atoms with Crippen molar-refractivity contribution in [3.63, 3.8) is 0 Å². The van der Waals surface area contributed by atoms with Crippen molar-refractivity contribution in [2.75, 3.05) is 13.7 Å². The highest BCUT2D eigenvalue weighted by Crippen LogP contribution is 2.21. The molecule has 7 nitrogen and oxygen atoms in total. The van der Waals surface area contributed by atoms with Crippen LogP contribution in [0.15, 0.2) is 103 Å². The number of methoxy groups -OCH3 is 1. The Morgan fingerprint density at radius 1 is 0.700 bits per heavy atom. The van der Waals surface area contributed by atoms with E-state index in [4.69, 9.17) is 18.9 Å². The number of rotatable bonds is 13. The lowest BCUT2D eigenvalue weighted by molar-refractivity contribution is -0.142. The van der Waals surface area contributed by atoms with E-state index in [0.717, 1.165) is 28.2 Å². The zero-order valence-electron chi connectivity index (χ0n) is 22.7. The van der Waals surface area contributed by atoms with E-state index in [-0.39, 0.29) is 12.3 Å². The zero-order valence-corrected chi connectivity index (χ0v) is 22.7. The molecule has 4 aromatic rings. The van der Waals surface area contributed by atoms with Crippen molar-refractivity contribution in [1.29, 1.82) is 0 Å². The Balaban J connectivity index is 1.33. The maximum absolute atomic E-state index is 13.0. The summed E-state index contributed by atoms with van der Waals surface area (Å²) in [5.74, 6) is 1.21. The number of ether oxygens (including phenoxy) is 4. The molecule has 4 rings (SSSR count). The molecule has 0 aliphatic carbocycles. The standard InChI is InChI=1S/C33H33NO6/c1-3-38-31-12-8-7-11-27(31)23-40-29-19-15-26(16-20-29)32(35)34-30(33(36)37-2)21-24-13-17-28(18-14-24)39-22-25-9-5-4-6-10-25/h4-20,30H,3,21-23H2,1-2H3,(H,34,35)/t30-/m0/s1. The number of benzene rings is 4. The molecular weight excluding hydrogens is 506 g/mol. The van der Waals surface area contributed by atoms with Gasteiger partial charge in [-0.05, 0) is 60.5 Å². The van der Waals surface area contributed by atoms with E-state index in [1.54, 1.807) is 24.3 Å². The third-order valence-electron chi connectivity index (χ3n) is 6.19. The highest BCUT2D eigenvalue weighted by molar-refractivity contribution is 5.96. The Hall–Kier alpha value is -4.78. The monoisotopic (exact) mass is 539 g/mol. The van der Waals surface area contributed by atoms with Crippen LogP contribution in [0.25, 0.3) is 0 Å². The molecule has 0 aliphatic rings. The van der Waals surface area contributed by atoms with Gasteiger partial charge in [0, 0.05) is 17.5 Å². The van der Waals surface area contributed by atoms with Gasteiger partial charge in [-0.2, -0.15) is 0 Å². The van der Waals surface area contributed by atoms with Crippen LogP contribution in [0.2, 0.25) is 0 Å². The fraction of sp³-hybridized carbons (Fsp3) is 0.212. The van der Waals surface area contributed by atoms with Gasteiger partial charge in [0.1, 0.15) is 36.5 Å². The van der Waals surface area contributed by atoms with Crippen LogP contribution in [-0.2, 0) is 29.2 Å².